The first-order valence-electron chi connectivity index (χ1n) is 6.31. The molecule has 0 aliphatic heterocycles. The fraction of sp³-hybridized carbons (Fsp3) is 0.143. The van der Waals surface area contributed by atoms with E-state index in [0.29, 0.717) is 5.65 Å². The molecule has 6 nitrogen and oxygen atoms in total. The highest BCUT2D eigenvalue weighted by atomic mass is 32.1. The SMILES string of the molecule is O=C(O)c1c(NCC(O)c2ccsc2)nc2ccccn12. The molecule has 3 N–H and O–H groups in total. The molecule has 1 atom stereocenters. The highest BCUT2D eigenvalue weighted by molar-refractivity contribution is 7.07. The number of carboxylic acids is 1. The summed E-state index contributed by atoms with van der Waals surface area (Å²) in [7, 11) is 0. The van der Waals surface area contributed by atoms with Gasteiger partial charge in [-0.1, -0.05) is 6.07 Å². The quantitative estimate of drug-likeness (QED) is 0.673. The highest BCUT2D eigenvalue weighted by Crippen LogP contribution is 2.20. The van der Waals surface area contributed by atoms with E-state index in [1.165, 1.54) is 15.7 Å². The van der Waals surface area contributed by atoms with Crippen LogP contribution in [0.1, 0.15) is 22.2 Å². The van der Waals surface area contributed by atoms with Gasteiger partial charge in [0.15, 0.2) is 11.5 Å². The van der Waals surface area contributed by atoms with E-state index in [0.717, 1.165) is 5.56 Å². The van der Waals surface area contributed by atoms with E-state index in [-0.39, 0.29) is 18.1 Å². The predicted octanol–water partition coefficient (Wildman–Crippen LogP) is 2.24. The summed E-state index contributed by atoms with van der Waals surface area (Å²) in [6.45, 7) is 0.195. The minimum absolute atomic E-state index is 0.0584. The Bertz CT molecular complexity index is 767. The lowest BCUT2D eigenvalue weighted by Crippen LogP contribution is -2.14. The molecule has 21 heavy (non-hydrogen) atoms. The van der Waals surface area contributed by atoms with Crippen molar-refractivity contribution in [3.8, 4) is 0 Å². The first kappa shape index (κ1) is 13.6. The molecular weight excluding hydrogens is 290 g/mol. The second-order valence-electron chi connectivity index (χ2n) is 4.50. The van der Waals surface area contributed by atoms with Crippen LogP contribution in [0.2, 0.25) is 0 Å². The molecule has 0 aromatic carbocycles. The number of aliphatic hydroxyl groups excluding tert-OH is 1. The fourth-order valence-corrected chi connectivity index (χ4v) is 2.81. The molecule has 1 unspecified atom stereocenters. The molecule has 3 heterocycles. The minimum Gasteiger partial charge on any atom is -0.476 e. The van der Waals surface area contributed by atoms with Crippen molar-refractivity contribution in [1.82, 2.24) is 9.38 Å². The number of carbonyl (C=O) groups is 1. The Kier molecular flexibility index (Phi) is 3.59. The van der Waals surface area contributed by atoms with Crippen molar-refractivity contribution in [1.29, 1.82) is 0 Å². The van der Waals surface area contributed by atoms with Gasteiger partial charge in [-0.3, -0.25) is 4.40 Å². The van der Waals surface area contributed by atoms with Crippen LogP contribution in [0.25, 0.3) is 5.65 Å². The summed E-state index contributed by atoms with van der Waals surface area (Å²) in [5.74, 6) is -0.816. The molecule has 3 aromatic heterocycles. The van der Waals surface area contributed by atoms with E-state index in [1.807, 2.05) is 16.8 Å². The van der Waals surface area contributed by atoms with Crippen molar-refractivity contribution < 1.29 is 15.0 Å². The molecule has 0 amide bonds. The Morgan fingerprint density at radius 3 is 3.00 bits per heavy atom. The van der Waals surface area contributed by atoms with Crippen LogP contribution in [0, 0.1) is 0 Å². The average Bonchev–Trinajstić information content (AvgIpc) is 3.11. The topological polar surface area (TPSA) is 86.9 Å². The molecule has 0 saturated carbocycles. The van der Waals surface area contributed by atoms with Crippen LogP contribution >= 0.6 is 11.3 Å². The summed E-state index contributed by atoms with van der Waals surface area (Å²) in [4.78, 5) is 15.7. The van der Waals surface area contributed by atoms with Crippen LogP contribution in [0.15, 0.2) is 41.2 Å². The van der Waals surface area contributed by atoms with Crippen molar-refractivity contribution >= 4 is 28.8 Å². The summed E-state index contributed by atoms with van der Waals surface area (Å²) >= 11 is 1.50. The molecule has 108 valence electrons. The van der Waals surface area contributed by atoms with Gasteiger partial charge in [0.05, 0.1) is 6.10 Å². The number of pyridine rings is 1. The summed E-state index contributed by atoms with van der Waals surface area (Å²) in [6.07, 6.45) is 0.939. The van der Waals surface area contributed by atoms with Gasteiger partial charge in [-0.05, 0) is 34.5 Å². The third-order valence-electron chi connectivity index (χ3n) is 3.12. The smallest absolute Gasteiger partial charge is 0.356 e. The minimum atomic E-state index is -1.07. The average molecular weight is 303 g/mol. The molecule has 3 aromatic rings. The molecule has 0 aliphatic rings. The van der Waals surface area contributed by atoms with Crippen LogP contribution in [-0.4, -0.2) is 32.1 Å². The van der Waals surface area contributed by atoms with Gasteiger partial charge in [0.2, 0.25) is 0 Å². The highest BCUT2D eigenvalue weighted by Gasteiger charge is 2.19. The van der Waals surface area contributed by atoms with Gasteiger partial charge < -0.3 is 15.5 Å². The van der Waals surface area contributed by atoms with Crippen molar-refractivity contribution in [3.05, 3.63) is 52.5 Å². The van der Waals surface area contributed by atoms with E-state index >= 15 is 0 Å². The summed E-state index contributed by atoms with van der Waals surface area (Å²) in [5.41, 5.74) is 1.40. The van der Waals surface area contributed by atoms with E-state index in [9.17, 15) is 15.0 Å². The lowest BCUT2D eigenvalue weighted by Gasteiger charge is -2.10. The second kappa shape index (κ2) is 5.55. The normalized spacial score (nSPS) is 12.4. The number of anilines is 1. The van der Waals surface area contributed by atoms with Crippen molar-refractivity contribution in [2.75, 3.05) is 11.9 Å². The van der Waals surface area contributed by atoms with Gasteiger partial charge in [0, 0.05) is 12.7 Å². The molecule has 0 fully saturated rings. The number of carboxylic acid groups (broad SMARTS) is 1. The van der Waals surface area contributed by atoms with Crippen molar-refractivity contribution in [3.63, 3.8) is 0 Å². The number of nitrogens with zero attached hydrogens (tertiary/aromatic N) is 2. The second-order valence-corrected chi connectivity index (χ2v) is 5.28. The summed E-state index contributed by atoms with van der Waals surface area (Å²) in [5, 5.41) is 26.0. The molecule has 3 rings (SSSR count). The Balaban J connectivity index is 1.86. The molecule has 0 aliphatic carbocycles. The summed E-state index contributed by atoms with van der Waals surface area (Å²) < 4.78 is 1.50. The number of aromatic carboxylic acids is 1. The van der Waals surface area contributed by atoms with Crippen LogP contribution in [0.5, 0.6) is 0 Å². The number of hydrogen-bond acceptors (Lipinski definition) is 5. The molecular formula is C14H13N3O3S. The number of hydrogen-bond donors (Lipinski definition) is 3. The molecule has 0 spiro atoms. The molecule has 0 radical (unpaired) electrons. The van der Waals surface area contributed by atoms with Gasteiger partial charge in [-0.2, -0.15) is 11.3 Å². The number of thiophene rings is 1. The number of aromatic nitrogens is 2. The third kappa shape index (κ3) is 2.61. The lowest BCUT2D eigenvalue weighted by molar-refractivity contribution is 0.0690. The number of rotatable bonds is 5. The number of aliphatic hydroxyl groups is 1. The van der Waals surface area contributed by atoms with Crippen LogP contribution < -0.4 is 5.32 Å². The Labute approximate surface area is 124 Å². The van der Waals surface area contributed by atoms with Gasteiger partial charge in [-0.25, -0.2) is 9.78 Å². The van der Waals surface area contributed by atoms with Gasteiger partial charge in [0.25, 0.3) is 0 Å². The predicted molar refractivity (Wildman–Crippen MR) is 79.9 cm³/mol. The van der Waals surface area contributed by atoms with Crippen LogP contribution in [0.4, 0.5) is 5.82 Å². The molecule has 0 bridgehead atoms. The van der Waals surface area contributed by atoms with Gasteiger partial charge >= 0.3 is 5.97 Å². The van der Waals surface area contributed by atoms with E-state index in [1.54, 1.807) is 24.4 Å². The third-order valence-corrected chi connectivity index (χ3v) is 3.82. The first-order chi connectivity index (χ1) is 10.2. The van der Waals surface area contributed by atoms with E-state index < -0.39 is 12.1 Å². The lowest BCUT2D eigenvalue weighted by atomic mass is 10.2. The maximum atomic E-state index is 11.4. The van der Waals surface area contributed by atoms with Gasteiger partial charge in [0.1, 0.15) is 5.65 Å². The van der Waals surface area contributed by atoms with Crippen LogP contribution in [0.3, 0.4) is 0 Å². The largest absolute Gasteiger partial charge is 0.476 e. The molecule has 7 heteroatoms. The van der Waals surface area contributed by atoms with Crippen LogP contribution in [-0.2, 0) is 0 Å². The Morgan fingerprint density at radius 2 is 2.29 bits per heavy atom. The number of imidazole rings is 1. The zero-order chi connectivity index (χ0) is 14.8. The molecule has 0 saturated heterocycles. The first-order valence-corrected chi connectivity index (χ1v) is 7.25. The number of fused-ring (bicyclic) bond motifs is 1. The maximum Gasteiger partial charge on any atom is 0.356 e. The summed E-state index contributed by atoms with van der Waals surface area (Å²) in [6, 6.07) is 7.09. The number of nitrogens with one attached hydrogen (secondary N) is 1. The monoisotopic (exact) mass is 303 g/mol. The standard InChI is InChI=1S/C14H13N3O3S/c18-10(9-4-6-21-8-9)7-15-13-12(14(19)20)17-5-2-1-3-11(17)16-13/h1-6,8,10,15,18H,7H2,(H,19,20). The zero-order valence-corrected chi connectivity index (χ0v) is 11.7. The maximum absolute atomic E-state index is 11.4. The van der Waals surface area contributed by atoms with E-state index in [2.05, 4.69) is 10.3 Å². The Morgan fingerprint density at radius 1 is 1.43 bits per heavy atom. The Hall–Kier alpha value is -2.38. The van der Waals surface area contributed by atoms with Gasteiger partial charge in [-0.15, -0.1) is 0 Å². The van der Waals surface area contributed by atoms with Crippen molar-refractivity contribution in [2.24, 2.45) is 0 Å². The van der Waals surface area contributed by atoms with E-state index in [4.69, 9.17) is 0 Å². The fourth-order valence-electron chi connectivity index (χ4n) is 2.10. The zero-order valence-electron chi connectivity index (χ0n) is 10.9. The van der Waals surface area contributed by atoms with Crippen molar-refractivity contribution in [2.45, 2.75) is 6.10 Å².